The quantitative estimate of drug-likeness (QED) is 0.525. The van der Waals surface area contributed by atoms with Crippen LogP contribution in [0.4, 0.5) is 0 Å². The SMILES string of the molecule is COc1ccccc1C(=O)O[C@H](CC(=O)[O-])C[N+](C)(C)C. The van der Waals surface area contributed by atoms with E-state index in [1.807, 2.05) is 21.1 Å². The number of ether oxygens (including phenoxy) is 2. The molecular formula is C15H21NO5. The Morgan fingerprint density at radius 1 is 1.24 bits per heavy atom. The van der Waals surface area contributed by atoms with Gasteiger partial charge in [-0.1, -0.05) is 12.1 Å². The van der Waals surface area contributed by atoms with Crippen molar-refractivity contribution in [2.24, 2.45) is 0 Å². The van der Waals surface area contributed by atoms with Gasteiger partial charge in [0.15, 0.2) is 6.10 Å². The molecule has 0 saturated heterocycles. The van der Waals surface area contributed by atoms with Gasteiger partial charge in [-0.25, -0.2) is 4.79 Å². The molecule has 0 bridgehead atoms. The number of esters is 1. The summed E-state index contributed by atoms with van der Waals surface area (Å²) in [6, 6.07) is 6.64. The van der Waals surface area contributed by atoms with Crippen LogP contribution in [-0.4, -0.2) is 57.3 Å². The minimum Gasteiger partial charge on any atom is -0.550 e. The number of rotatable bonds is 7. The van der Waals surface area contributed by atoms with E-state index >= 15 is 0 Å². The van der Waals surface area contributed by atoms with E-state index in [-0.39, 0.29) is 12.0 Å². The van der Waals surface area contributed by atoms with E-state index < -0.39 is 18.0 Å². The summed E-state index contributed by atoms with van der Waals surface area (Å²) < 4.78 is 10.9. The molecule has 116 valence electrons. The topological polar surface area (TPSA) is 75.7 Å². The number of benzene rings is 1. The molecule has 1 aromatic rings. The number of carboxylic acids is 1. The second-order valence-corrected chi connectivity index (χ2v) is 5.78. The van der Waals surface area contributed by atoms with Gasteiger partial charge in [-0.3, -0.25) is 0 Å². The number of aliphatic carboxylic acids is 1. The first-order valence-corrected chi connectivity index (χ1v) is 6.57. The molecule has 0 aliphatic carbocycles. The van der Waals surface area contributed by atoms with Gasteiger partial charge < -0.3 is 23.9 Å². The lowest BCUT2D eigenvalue weighted by Crippen LogP contribution is -2.45. The smallest absolute Gasteiger partial charge is 0.342 e. The lowest BCUT2D eigenvalue weighted by molar-refractivity contribution is -0.873. The number of carbonyl (C=O) groups excluding carboxylic acids is 2. The second-order valence-electron chi connectivity index (χ2n) is 5.78. The van der Waals surface area contributed by atoms with Crippen molar-refractivity contribution < 1.29 is 28.7 Å². The third kappa shape index (κ3) is 5.83. The highest BCUT2D eigenvalue weighted by Crippen LogP contribution is 2.19. The fraction of sp³-hybridized carbons (Fsp3) is 0.467. The normalized spacial score (nSPS) is 12.6. The highest BCUT2D eigenvalue weighted by atomic mass is 16.5. The van der Waals surface area contributed by atoms with Crippen LogP contribution >= 0.6 is 0 Å². The van der Waals surface area contributed by atoms with Crippen molar-refractivity contribution in [3.8, 4) is 5.75 Å². The Hall–Kier alpha value is -2.08. The zero-order valence-corrected chi connectivity index (χ0v) is 12.8. The molecule has 0 amide bonds. The van der Waals surface area contributed by atoms with E-state index in [1.165, 1.54) is 7.11 Å². The van der Waals surface area contributed by atoms with Gasteiger partial charge in [0, 0.05) is 12.4 Å². The number of para-hydroxylation sites is 1. The van der Waals surface area contributed by atoms with Gasteiger partial charge in [0.25, 0.3) is 0 Å². The summed E-state index contributed by atoms with van der Waals surface area (Å²) in [7, 11) is 7.12. The van der Waals surface area contributed by atoms with Crippen LogP contribution in [-0.2, 0) is 9.53 Å². The minimum absolute atomic E-state index is 0.268. The number of hydrogen-bond acceptors (Lipinski definition) is 5. The van der Waals surface area contributed by atoms with E-state index in [0.717, 1.165) is 0 Å². The molecular weight excluding hydrogens is 274 g/mol. The van der Waals surface area contributed by atoms with Crippen LogP contribution in [0, 0.1) is 0 Å². The van der Waals surface area contributed by atoms with Crippen LogP contribution in [0.3, 0.4) is 0 Å². The zero-order chi connectivity index (χ0) is 16.0. The summed E-state index contributed by atoms with van der Waals surface area (Å²) in [5.41, 5.74) is 0.268. The van der Waals surface area contributed by atoms with Crippen molar-refractivity contribution in [2.45, 2.75) is 12.5 Å². The number of likely N-dealkylation sites (N-methyl/N-ethyl adjacent to an activating group) is 1. The van der Waals surface area contributed by atoms with Crippen LogP contribution in [0.15, 0.2) is 24.3 Å². The highest BCUT2D eigenvalue weighted by molar-refractivity contribution is 5.92. The second kappa shape index (κ2) is 7.08. The Labute approximate surface area is 124 Å². The van der Waals surface area contributed by atoms with E-state index in [4.69, 9.17) is 9.47 Å². The summed E-state index contributed by atoms with van der Waals surface area (Å²) in [5, 5.41) is 10.8. The van der Waals surface area contributed by atoms with Crippen LogP contribution in [0.5, 0.6) is 5.75 Å². The average Bonchev–Trinajstić information content (AvgIpc) is 2.35. The molecule has 0 fully saturated rings. The molecule has 0 heterocycles. The molecule has 1 aromatic carbocycles. The predicted molar refractivity (Wildman–Crippen MR) is 74.7 cm³/mol. The molecule has 0 aliphatic rings. The van der Waals surface area contributed by atoms with Gasteiger partial charge in [-0.2, -0.15) is 0 Å². The van der Waals surface area contributed by atoms with Gasteiger partial charge in [-0.05, 0) is 12.1 Å². The fourth-order valence-electron chi connectivity index (χ4n) is 1.97. The van der Waals surface area contributed by atoms with Crippen LogP contribution in [0.25, 0.3) is 0 Å². The number of quaternary nitrogens is 1. The Bertz CT molecular complexity index is 507. The first kappa shape index (κ1) is 17.0. The van der Waals surface area contributed by atoms with E-state index in [0.29, 0.717) is 16.8 Å². The zero-order valence-electron chi connectivity index (χ0n) is 12.8. The summed E-state index contributed by atoms with van der Waals surface area (Å²) in [6.07, 6.45) is -1.09. The van der Waals surface area contributed by atoms with Crippen molar-refractivity contribution in [1.29, 1.82) is 0 Å². The van der Waals surface area contributed by atoms with Gasteiger partial charge >= 0.3 is 5.97 Å². The van der Waals surface area contributed by atoms with Crippen molar-refractivity contribution in [1.82, 2.24) is 0 Å². The largest absolute Gasteiger partial charge is 0.550 e. The summed E-state index contributed by atoms with van der Waals surface area (Å²) in [5.74, 6) is -1.46. The average molecular weight is 295 g/mol. The van der Waals surface area contributed by atoms with Crippen LogP contribution < -0.4 is 9.84 Å². The number of carboxylic acid groups (broad SMARTS) is 1. The van der Waals surface area contributed by atoms with E-state index in [9.17, 15) is 14.7 Å². The summed E-state index contributed by atoms with van der Waals surface area (Å²) >= 11 is 0. The predicted octanol–water partition coefficient (Wildman–Crippen LogP) is 0.0668. The Morgan fingerprint density at radius 2 is 1.86 bits per heavy atom. The van der Waals surface area contributed by atoms with Gasteiger partial charge in [0.05, 0.1) is 28.3 Å². The van der Waals surface area contributed by atoms with E-state index in [2.05, 4.69) is 0 Å². The fourth-order valence-corrected chi connectivity index (χ4v) is 1.97. The molecule has 0 radical (unpaired) electrons. The van der Waals surface area contributed by atoms with Gasteiger partial charge in [0.1, 0.15) is 17.9 Å². The van der Waals surface area contributed by atoms with Crippen molar-refractivity contribution in [2.75, 3.05) is 34.8 Å². The molecule has 6 heteroatoms. The van der Waals surface area contributed by atoms with Gasteiger partial charge in [-0.15, -0.1) is 0 Å². The molecule has 21 heavy (non-hydrogen) atoms. The van der Waals surface area contributed by atoms with Crippen molar-refractivity contribution in [3.05, 3.63) is 29.8 Å². The maximum atomic E-state index is 12.2. The molecule has 0 unspecified atom stereocenters. The lowest BCUT2D eigenvalue weighted by Gasteiger charge is -2.29. The molecule has 0 N–H and O–H groups in total. The first-order valence-electron chi connectivity index (χ1n) is 6.57. The summed E-state index contributed by atoms with van der Waals surface area (Å²) in [6.45, 7) is 0.370. The molecule has 6 nitrogen and oxygen atoms in total. The van der Waals surface area contributed by atoms with Crippen molar-refractivity contribution >= 4 is 11.9 Å². The number of hydrogen-bond donors (Lipinski definition) is 0. The molecule has 1 atom stereocenters. The Morgan fingerprint density at radius 3 is 2.38 bits per heavy atom. The first-order chi connectivity index (χ1) is 9.73. The van der Waals surface area contributed by atoms with Crippen LogP contribution in [0.2, 0.25) is 0 Å². The summed E-state index contributed by atoms with van der Waals surface area (Å²) in [4.78, 5) is 23.0. The number of carbonyl (C=O) groups is 2. The lowest BCUT2D eigenvalue weighted by atomic mass is 10.2. The highest BCUT2D eigenvalue weighted by Gasteiger charge is 2.24. The molecule has 0 aromatic heterocycles. The molecule has 1 rings (SSSR count). The minimum atomic E-state index is -1.25. The molecule has 0 saturated carbocycles. The van der Waals surface area contributed by atoms with Gasteiger partial charge in [0.2, 0.25) is 0 Å². The number of nitrogens with zero attached hydrogens (tertiary/aromatic N) is 1. The monoisotopic (exact) mass is 295 g/mol. The Kier molecular flexibility index (Phi) is 5.72. The molecule has 0 spiro atoms. The van der Waals surface area contributed by atoms with Crippen LogP contribution in [0.1, 0.15) is 16.8 Å². The standard InChI is InChI=1S/C15H21NO5/c1-16(2,3)10-11(9-14(17)18)21-15(19)12-7-5-6-8-13(12)20-4/h5-8,11H,9-10H2,1-4H3/t11-/m1/s1. The number of methoxy groups -OCH3 is 1. The molecule has 0 aliphatic heterocycles. The third-order valence-corrected chi connectivity index (χ3v) is 2.75. The van der Waals surface area contributed by atoms with E-state index in [1.54, 1.807) is 24.3 Å². The third-order valence-electron chi connectivity index (χ3n) is 2.75. The Balaban J connectivity index is 2.86. The van der Waals surface area contributed by atoms with Crippen molar-refractivity contribution in [3.63, 3.8) is 0 Å². The maximum Gasteiger partial charge on any atom is 0.342 e. The maximum absolute atomic E-state index is 12.2.